The first kappa shape index (κ1) is 15.3. The molecule has 0 aromatic carbocycles. The van der Waals surface area contributed by atoms with Crippen molar-refractivity contribution in [3.05, 3.63) is 0 Å². The fourth-order valence-corrected chi connectivity index (χ4v) is 2.80. The van der Waals surface area contributed by atoms with Gasteiger partial charge in [-0.2, -0.15) is 0 Å². The largest absolute Gasteiger partial charge is 0.481 e. The SMILES string of the molecule is CC1CC(C(=O)N2CCC(OCCC(=O)O)CC2)CO1. The normalized spacial score (nSPS) is 27.8. The van der Waals surface area contributed by atoms with Crippen LogP contribution in [0.5, 0.6) is 0 Å². The zero-order valence-corrected chi connectivity index (χ0v) is 11.9. The molecule has 2 atom stereocenters. The number of rotatable bonds is 5. The van der Waals surface area contributed by atoms with Gasteiger partial charge in [0.2, 0.25) is 5.91 Å². The predicted octanol–water partition coefficient (Wildman–Crippen LogP) is 0.894. The van der Waals surface area contributed by atoms with Crippen LogP contribution in [0.2, 0.25) is 0 Å². The summed E-state index contributed by atoms with van der Waals surface area (Å²) in [4.78, 5) is 24.6. The van der Waals surface area contributed by atoms with Crippen LogP contribution in [0, 0.1) is 5.92 Å². The maximum Gasteiger partial charge on any atom is 0.305 e. The topological polar surface area (TPSA) is 76.1 Å². The van der Waals surface area contributed by atoms with Gasteiger partial charge >= 0.3 is 5.97 Å². The second kappa shape index (κ2) is 7.04. The van der Waals surface area contributed by atoms with E-state index in [2.05, 4.69) is 0 Å². The van der Waals surface area contributed by atoms with Crippen molar-refractivity contribution < 1.29 is 24.2 Å². The number of aliphatic carboxylic acids is 1. The Morgan fingerprint density at radius 2 is 2.05 bits per heavy atom. The zero-order valence-electron chi connectivity index (χ0n) is 11.9. The molecule has 1 amide bonds. The second-order valence-corrected chi connectivity index (χ2v) is 5.62. The first-order valence-electron chi connectivity index (χ1n) is 7.30. The van der Waals surface area contributed by atoms with Crippen LogP contribution >= 0.6 is 0 Å². The molecule has 6 heteroatoms. The van der Waals surface area contributed by atoms with E-state index in [1.165, 1.54) is 0 Å². The minimum absolute atomic E-state index is 0.00878. The Hall–Kier alpha value is -1.14. The molecule has 2 heterocycles. The standard InChI is InChI=1S/C14H23NO5/c1-10-8-11(9-20-10)14(18)15-5-2-12(3-6-15)19-7-4-13(16)17/h10-12H,2-9H2,1H3,(H,16,17). The number of carboxylic acids is 1. The smallest absolute Gasteiger partial charge is 0.305 e. The van der Waals surface area contributed by atoms with E-state index in [1.807, 2.05) is 11.8 Å². The third kappa shape index (κ3) is 4.18. The quantitative estimate of drug-likeness (QED) is 0.812. The van der Waals surface area contributed by atoms with Gasteiger partial charge in [0, 0.05) is 13.1 Å². The molecule has 2 aliphatic rings. The molecule has 6 nitrogen and oxygen atoms in total. The third-order valence-electron chi connectivity index (χ3n) is 3.97. The maximum atomic E-state index is 12.3. The number of carbonyl (C=O) groups is 2. The van der Waals surface area contributed by atoms with Gasteiger partial charge in [0.05, 0.1) is 37.8 Å². The van der Waals surface area contributed by atoms with Gasteiger partial charge in [-0.1, -0.05) is 0 Å². The van der Waals surface area contributed by atoms with Crippen molar-refractivity contribution in [3.63, 3.8) is 0 Å². The van der Waals surface area contributed by atoms with Crippen molar-refractivity contribution in [3.8, 4) is 0 Å². The fourth-order valence-electron chi connectivity index (χ4n) is 2.80. The van der Waals surface area contributed by atoms with Crippen molar-refractivity contribution in [1.82, 2.24) is 4.90 Å². The Morgan fingerprint density at radius 1 is 1.35 bits per heavy atom. The molecule has 0 spiro atoms. The van der Waals surface area contributed by atoms with Gasteiger partial charge in [-0.15, -0.1) is 0 Å². The van der Waals surface area contributed by atoms with Gasteiger partial charge in [0.15, 0.2) is 0 Å². The molecule has 0 radical (unpaired) electrons. The van der Waals surface area contributed by atoms with Gasteiger partial charge in [0.25, 0.3) is 0 Å². The van der Waals surface area contributed by atoms with Crippen LogP contribution in [0.15, 0.2) is 0 Å². The number of carbonyl (C=O) groups excluding carboxylic acids is 1. The molecule has 114 valence electrons. The summed E-state index contributed by atoms with van der Waals surface area (Å²) in [6.07, 6.45) is 2.69. The average molecular weight is 285 g/mol. The van der Waals surface area contributed by atoms with E-state index in [-0.39, 0.29) is 37.1 Å². The van der Waals surface area contributed by atoms with Crippen molar-refractivity contribution >= 4 is 11.9 Å². The summed E-state index contributed by atoms with van der Waals surface area (Å²) in [5.74, 6) is -0.638. The van der Waals surface area contributed by atoms with Crippen LogP contribution in [0.25, 0.3) is 0 Å². The van der Waals surface area contributed by atoms with E-state index in [4.69, 9.17) is 14.6 Å². The minimum Gasteiger partial charge on any atom is -0.481 e. The number of carboxylic acid groups (broad SMARTS) is 1. The van der Waals surface area contributed by atoms with E-state index >= 15 is 0 Å². The first-order valence-corrected chi connectivity index (χ1v) is 7.30. The summed E-state index contributed by atoms with van der Waals surface area (Å²) in [5, 5.41) is 8.56. The predicted molar refractivity (Wildman–Crippen MR) is 71.3 cm³/mol. The lowest BCUT2D eigenvalue weighted by Gasteiger charge is -2.33. The highest BCUT2D eigenvalue weighted by Gasteiger charge is 2.33. The summed E-state index contributed by atoms with van der Waals surface area (Å²) in [6, 6.07) is 0. The molecule has 0 aliphatic carbocycles. The molecule has 2 saturated heterocycles. The Bertz CT molecular complexity index is 351. The van der Waals surface area contributed by atoms with Crippen LogP contribution in [0.1, 0.15) is 32.6 Å². The Labute approximate surface area is 119 Å². The lowest BCUT2D eigenvalue weighted by atomic mass is 10.0. The minimum atomic E-state index is -0.840. The lowest BCUT2D eigenvalue weighted by molar-refractivity contribution is -0.139. The zero-order chi connectivity index (χ0) is 14.5. The molecule has 1 N–H and O–H groups in total. The lowest BCUT2D eigenvalue weighted by Crippen LogP contribution is -2.44. The Kier molecular flexibility index (Phi) is 5.37. The molecule has 0 bridgehead atoms. The van der Waals surface area contributed by atoms with Crippen LogP contribution in [0.3, 0.4) is 0 Å². The number of ether oxygens (including phenoxy) is 2. The van der Waals surface area contributed by atoms with Gasteiger partial charge in [0.1, 0.15) is 0 Å². The molecule has 20 heavy (non-hydrogen) atoms. The summed E-state index contributed by atoms with van der Waals surface area (Å²) >= 11 is 0. The van der Waals surface area contributed by atoms with E-state index < -0.39 is 5.97 Å². The Morgan fingerprint density at radius 3 is 2.60 bits per heavy atom. The average Bonchev–Trinajstić information content (AvgIpc) is 2.85. The van der Waals surface area contributed by atoms with Crippen LogP contribution < -0.4 is 0 Å². The highest BCUT2D eigenvalue weighted by Crippen LogP contribution is 2.23. The number of hydrogen-bond donors (Lipinski definition) is 1. The van der Waals surface area contributed by atoms with Crippen LogP contribution in [-0.4, -0.2) is 60.4 Å². The van der Waals surface area contributed by atoms with E-state index in [9.17, 15) is 9.59 Å². The molecule has 2 fully saturated rings. The number of piperidine rings is 1. The van der Waals surface area contributed by atoms with E-state index in [0.717, 1.165) is 19.3 Å². The number of likely N-dealkylation sites (tertiary alicyclic amines) is 1. The summed E-state index contributed by atoms with van der Waals surface area (Å²) in [7, 11) is 0. The molecule has 0 aromatic heterocycles. The first-order chi connectivity index (χ1) is 9.56. The van der Waals surface area contributed by atoms with Crippen molar-refractivity contribution in [2.45, 2.75) is 44.8 Å². The van der Waals surface area contributed by atoms with Gasteiger partial charge < -0.3 is 19.5 Å². The number of nitrogens with zero attached hydrogens (tertiary/aromatic N) is 1. The van der Waals surface area contributed by atoms with Gasteiger partial charge in [-0.05, 0) is 26.2 Å². The number of amides is 1. The second-order valence-electron chi connectivity index (χ2n) is 5.62. The highest BCUT2D eigenvalue weighted by atomic mass is 16.5. The summed E-state index contributed by atoms with van der Waals surface area (Å²) in [5.41, 5.74) is 0. The van der Waals surface area contributed by atoms with Gasteiger partial charge in [-0.25, -0.2) is 0 Å². The van der Waals surface area contributed by atoms with Crippen LogP contribution in [0.4, 0.5) is 0 Å². The summed E-state index contributed by atoms with van der Waals surface area (Å²) < 4.78 is 11.0. The van der Waals surface area contributed by atoms with Crippen molar-refractivity contribution in [1.29, 1.82) is 0 Å². The maximum absolute atomic E-state index is 12.3. The Balaban J connectivity index is 1.68. The monoisotopic (exact) mass is 285 g/mol. The fraction of sp³-hybridized carbons (Fsp3) is 0.857. The molecule has 2 aliphatic heterocycles. The molecule has 2 unspecified atom stereocenters. The van der Waals surface area contributed by atoms with E-state index in [0.29, 0.717) is 19.7 Å². The molecular weight excluding hydrogens is 262 g/mol. The molecule has 0 saturated carbocycles. The third-order valence-corrected chi connectivity index (χ3v) is 3.97. The number of hydrogen-bond acceptors (Lipinski definition) is 4. The summed E-state index contributed by atoms with van der Waals surface area (Å²) in [6.45, 7) is 4.18. The van der Waals surface area contributed by atoms with E-state index in [1.54, 1.807) is 0 Å². The molecule has 2 rings (SSSR count). The highest BCUT2D eigenvalue weighted by molar-refractivity contribution is 5.79. The molecular formula is C14H23NO5. The van der Waals surface area contributed by atoms with Gasteiger partial charge in [-0.3, -0.25) is 9.59 Å². The molecule has 0 aromatic rings. The van der Waals surface area contributed by atoms with Crippen molar-refractivity contribution in [2.24, 2.45) is 5.92 Å². The van der Waals surface area contributed by atoms with Crippen molar-refractivity contribution in [2.75, 3.05) is 26.3 Å². The van der Waals surface area contributed by atoms with Crippen LogP contribution in [-0.2, 0) is 19.1 Å².